The molecule has 0 bridgehead atoms. The van der Waals surface area contributed by atoms with E-state index < -0.39 is 19.8 Å². The fourth-order valence-electron chi connectivity index (χ4n) is 3.46. The van der Waals surface area contributed by atoms with Crippen LogP contribution in [0.5, 0.6) is 0 Å². The van der Waals surface area contributed by atoms with Crippen molar-refractivity contribution in [1.29, 1.82) is 0 Å². The lowest BCUT2D eigenvalue weighted by Crippen LogP contribution is -2.09. The molecule has 0 unspecified atom stereocenters. The van der Waals surface area contributed by atoms with E-state index in [-0.39, 0.29) is 18.8 Å². The van der Waals surface area contributed by atoms with Crippen LogP contribution < -0.4 is 0 Å². The third-order valence-corrected chi connectivity index (χ3v) is 7.09. The molecule has 2 heterocycles. The zero-order chi connectivity index (χ0) is 24.5. The van der Waals surface area contributed by atoms with Gasteiger partial charge in [-0.3, -0.25) is 18.9 Å². The molecule has 1 aromatic heterocycles. The number of thioether (sulfide) groups is 1. The van der Waals surface area contributed by atoms with E-state index in [0.29, 0.717) is 38.5 Å². The molecule has 0 saturated carbocycles. The number of carboxylic acid groups (broad SMARTS) is 1. The van der Waals surface area contributed by atoms with E-state index in [4.69, 9.17) is 26.4 Å². The number of benzene rings is 2. The summed E-state index contributed by atoms with van der Waals surface area (Å²) in [6.07, 6.45) is 0.000881. The molecule has 0 spiro atoms. The maximum absolute atomic E-state index is 11.3. The first-order valence-corrected chi connectivity index (χ1v) is 13.5. The van der Waals surface area contributed by atoms with Crippen molar-refractivity contribution < 1.29 is 28.8 Å². The van der Waals surface area contributed by atoms with Gasteiger partial charge in [0.15, 0.2) is 11.0 Å². The molecule has 4 rings (SSSR count). The monoisotopic (exact) mass is 586 g/mol. The summed E-state index contributed by atoms with van der Waals surface area (Å²) in [6.45, 7) is 0. The summed E-state index contributed by atoms with van der Waals surface area (Å²) < 4.78 is 18.1. The van der Waals surface area contributed by atoms with E-state index in [1.54, 1.807) is 16.7 Å². The van der Waals surface area contributed by atoms with Crippen molar-refractivity contribution in [2.45, 2.75) is 24.0 Å². The number of carboxylic acids is 1. The predicted octanol–water partition coefficient (Wildman–Crippen LogP) is 4.60. The number of fused-ring (bicyclic) bond motifs is 3. The maximum atomic E-state index is 11.3. The number of phosphoric ester groups is 1. The Bertz CT molecular complexity index is 1330. The Kier molecular flexibility index (Phi) is 7.58. The minimum absolute atomic E-state index is 0.152. The molecular formula is C20H17BrClN4O6PS. The standard InChI is InChI=1S/C20H17BrClN4O6PS/c21-11-5-7-16-13(9-11)18(12-3-1-2-4-14(12)22)23-15(6-8-17(27)28)19-24-25-20(26(16)19)34-10-32-33(29,30)31/h1-5,7,9,15H,6,8,10H2,(H,27,28)(H2,29,30,31)/t15-/m0/s1. The molecule has 2 aromatic carbocycles. The van der Waals surface area contributed by atoms with E-state index in [2.05, 4.69) is 30.7 Å². The molecule has 0 fully saturated rings. The second-order valence-electron chi connectivity index (χ2n) is 7.13. The summed E-state index contributed by atoms with van der Waals surface area (Å²) in [6, 6.07) is 12.1. The van der Waals surface area contributed by atoms with E-state index in [0.717, 1.165) is 16.2 Å². The van der Waals surface area contributed by atoms with Crippen molar-refractivity contribution in [3.05, 3.63) is 68.9 Å². The van der Waals surface area contributed by atoms with Crippen LogP contribution in [0.3, 0.4) is 0 Å². The number of carbonyl (C=O) groups is 1. The van der Waals surface area contributed by atoms with Crippen molar-refractivity contribution >= 4 is 58.8 Å². The van der Waals surface area contributed by atoms with Crippen molar-refractivity contribution in [1.82, 2.24) is 14.8 Å². The fraction of sp³-hybridized carbons (Fsp3) is 0.200. The highest BCUT2D eigenvalue weighted by molar-refractivity contribution is 9.10. The first-order valence-electron chi connectivity index (χ1n) is 9.77. The first kappa shape index (κ1) is 25.1. The quantitative estimate of drug-likeness (QED) is 0.195. The summed E-state index contributed by atoms with van der Waals surface area (Å²) in [4.78, 5) is 34.3. The number of hydrogen-bond acceptors (Lipinski definition) is 7. The van der Waals surface area contributed by atoms with Gasteiger partial charge < -0.3 is 14.9 Å². The van der Waals surface area contributed by atoms with Gasteiger partial charge in [0.25, 0.3) is 0 Å². The molecule has 0 radical (unpaired) electrons. The molecule has 10 nitrogen and oxygen atoms in total. The topological polar surface area (TPSA) is 147 Å². The van der Waals surface area contributed by atoms with E-state index in [9.17, 15) is 14.5 Å². The molecule has 1 atom stereocenters. The van der Waals surface area contributed by atoms with Gasteiger partial charge in [-0.2, -0.15) is 0 Å². The number of phosphoric acid groups is 1. The van der Waals surface area contributed by atoms with E-state index in [1.807, 2.05) is 30.3 Å². The molecule has 0 amide bonds. The summed E-state index contributed by atoms with van der Waals surface area (Å²) in [5.74, 6) is -0.952. The second-order valence-corrected chi connectivity index (χ2v) is 10.6. The molecule has 3 N–H and O–H groups in total. The van der Waals surface area contributed by atoms with Crippen LogP contribution in [0.15, 0.2) is 57.1 Å². The van der Waals surface area contributed by atoms with Crippen LogP contribution in [0.4, 0.5) is 0 Å². The third-order valence-electron chi connectivity index (χ3n) is 4.87. The van der Waals surface area contributed by atoms with Crippen LogP contribution in [0.1, 0.15) is 35.8 Å². The van der Waals surface area contributed by atoms with Gasteiger partial charge in [-0.15, -0.1) is 10.2 Å². The highest BCUT2D eigenvalue weighted by Gasteiger charge is 2.30. The van der Waals surface area contributed by atoms with Crippen LogP contribution in [-0.2, 0) is 13.9 Å². The molecule has 1 aliphatic rings. The van der Waals surface area contributed by atoms with E-state index >= 15 is 0 Å². The highest BCUT2D eigenvalue weighted by atomic mass is 79.9. The number of aliphatic imine (C=N–C) groups is 1. The highest BCUT2D eigenvalue weighted by Crippen LogP contribution is 2.40. The smallest absolute Gasteiger partial charge is 0.470 e. The largest absolute Gasteiger partial charge is 0.481 e. The number of nitrogens with zero attached hydrogens (tertiary/aromatic N) is 4. The number of hydrogen-bond donors (Lipinski definition) is 3. The Morgan fingerprint density at radius 1 is 1.21 bits per heavy atom. The fourth-order valence-corrected chi connectivity index (χ4v) is 5.33. The maximum Gasteiger partial charge on any atom is 0.470 e. The first-order chi connectivity index (χ1) is 16.1. The van der Waals surface area contributed by atoms with Gasteiger partial charge in [-0.05, 0) is 30.7 Å². The number of aliphatic carboxylic acids is 1. The van der Waals surface area contributed by atoms with E-state index in [1.165, 1.54) is 0 Å². The molecule has 178 valence electrons. The number of aromatic nitrogens is 3. The van der Waals surface area contributed by atoms with Crippen molar-refractivity contribution in [3.8, 4) is 5.69 Å². The summed E-state index contributed by atoms with van der Waals surface area (Å²) in [5, 5.41) is 18.5. The van der Waals surface area contributed by atoms with Crippen LogP contribution in [-0.4, -0.2) is 47.3 Å². The Labute approximate surface area is 211 Å². The van der Waals surface area contributed by atoms with Gasteiger partial charge >= 0.3 is 13.8 Å². The SMILES string of the molecule is O=C(O)CC[C@@H]1N=C(c2ccccc2Cl)c2cc(Br)ccc2-n2c(SCOP(=O)(O)O)nnc21. The minimum Gasteiger partial charge on any atom is -0.481 e. The van der Waals surface area contributed by atoms with Gasteiger partial charge in [0.05, 0.1) is 11.4 Å². The van der Waals surface area contributed by atoms with Crippen LogP contribution in [0.2, 0.25) is 5.02 Å². The van der Waals surface area contributed by atoms with Crippen LogP contribution in [0, 0.1) is 0 Å². The molecule has 14 heteroatoms. The Hall–Kier alpha value is -2.05. The van der Waals surface area contributed by atoms with Crippen molar-refractivity contribution in [2.24, 2.45) is 4.99 Å². The lowest BCUT2D eigenvalue weighted by molar-refractivity contribution is -0.137. The van der Waals surface area contributed by atoms with Gasteiger partial charge in [0.2, 0.25) is 0 Å². The van der Waals surface area contributed by atoms with Gasteiger partial charge in [-0.1, -0.05) is 57.5 Å². The normalized spacial score (nSPS) is 15.3. The lowest BCUT2D eigenvalue weighted by Gasteiger charge is -2.14. The predicted molar refractivity (Wildman–Crippen MR) is 130 cm³/mol. The van der Waals surface area contributed by atoms with Crippen LogP contribution >= 0.6 is 47.1 Å². The summed E-state index contributed by atoms with van der Waals surface area (Å²) >= 11 is 10.9. The average molecular weight is 588 g/mol. The zero-order valence-electron chi connectivity index (χ0n) is 17.2. The molecule has 34 heavy (non-hydrogen) atoms. The Morgan fingerprint density at radius 3 is 2.68 bits per heavy atom. The molecule has 1 aliphatic heterocycles. The van der Waals surface area contributed by atoms with Crippen molar-refractivity contribution in [2.75, 3.05) is 5.94 Å². The Morgan fingerprint density at radius 2 is 1.97 bits per heavy atom. The molecular weight excluding hydrogens is 571 g/mol. The zero-order valence-corrected chi connectivity index (χ0v) is 21.3. The third kappa shape index (κ3) is 5.60. The van der Waals surface area contributed by atoms with Crippen molar-refractivity contribution in [3.63, 3.8) is 0 Å². The Balaban J connectivity index is 1.89. The summed E-state index contributed by atoms with van der Waals surface area (Å²) in [5.41, 5.74) is 2.57. The number of rotatable bonds is 8. The molecule has 0 aliphatic carbocycles. The minimum atomic E-state index is -4.67. The average Bonchev–Trinajstić information content (AvgIpc) is 3.11. The van der Waals surface area contributed by atoms with Gasteiger partial charge in [0.1, 0.15) is 12.0 Å². The second kappa shape index (κ2) is 10.3. The molecule has 3 aromatic rings. The lowest BCUT2D eigenvalue weighted by atomic mass is 10.00. The van der Waals surface area contributed by atoms with Gasteiger partial charge in [-0.25, -0.2) is 4.57 Å². The van der Waals surface area contributed by atoms with Gasteiger partial charge in [0, 0.05) is 27.0 Å². The summed E-state index contributed by atoms with van der Waals surface area (Å²) in [7, 11) is -4.67. The molecule has 0 saturated heterocycles. The van der Waals surface area contributed by atoms with Crippen LogP contribution in [0.25, 0.3) is 5.69 Å². The number of halogens is 2.